The van der Waals surface area contributed by atoms with Crippen molar-refractivity contribution in [2.75, 3.05) is 18.9 Å². The van der Waals surface area contributed by atoms with Crippen LogP contribution in [0.5, 0.6) is 0 Å². The molecule has 2 unspecified atom stereocenters. The topological polar surface area (TPSA) is 119 Å². The Morgan fingerprint density at radius 2 is 1.26 bits per heavy atom. The first-order chi connectivity index (χ1) is 16.5. The molecule has 1 amide bonds. The van der Waals surface area contributed by atoms with Crippen LogP contribution in [0.25, 0.3) is 0 Å². The number of carbonyl (C=O) groups excluding carboxylic acids is 1. The molecule has 5 atom stereocenters. The number of hydrogen-bond acceptors (Lipinski definition) is 7. The maximum absolute atomic E-state index is 12.0. The molecule has 1 aliphatic rings. The summed E-state index contributed by atoms with van der Waals surface area (Å²) in [5.41, 5.74) is -0.747. The van der Waals surface area contributed by atoms with Crippen LogP contribution >= 0.6 is 11.8 Å². The standard InChI is InChI=1S/C26H51NO6S/c1-2-3-4-5-6-7-8-9-10-11-12-13-14-15-16-17-22(29)27-18-19-34-26-25(32)24(31)23(30)21(20-28)33-26/h21,23-26,28,30-32H,2-20H2,1H3,(H,27,29)/t21?,23-,24-,25?,26-/m0/s1. The van der Waals surface area contributed by atoms with E-state index < -0.39 is 36.5 Å². The third-order valence-electron chi connectivity index (χ3n) is 6.56. The average Bonchev–Trinajstić information content (AvgIpc) is 2.84. The molecule has 0 aliphatic carbocycles. The lowest BCUT2D eigenvalue weighted by Crippen LogP contribution is -2.57. The van der Waals surface area contributed by atoms with E-state index in [9.17, 15) is 25.2 Å². The molecule has 1 saturated heterocycles. The number of carbonyl (C=O) groups is 1. The molecule has 202 valence electrons. The normalized spacial score (nSPS) is 24.9. The zero-order valence-electron chi connectivity index (χ0n) is 21.3. The molecule has 1 aliphatic heterocycles. The Kier molecular flexibility index (Phi) is 19.3. The number of aliphatic hydroxyl groups is 4. The number of amides is 1. The van der Waals surface area contributed by atoms with E-state index in [0.717, 1.165) is 12.8 Å². The second kappa shape index (κ2) is 20.8. The largest absolute Gasteiger partial charge is 0.394 e. The number of rotatable bonds is 21. The van der Waals surface area contributed by atoms with Gasteiger partial charge in [-0.25, -0.2) is 0 Å². The van der Waals surface area contributed by atoms with Crippen molar-refractivity contribution < 1.29 is 30.0 Å². The van der Waals surface area contributed by atoms with Crippen LogP contribution in [0.2, 0.25) is 0 Å². The third-order valence-corrected chi connectivity index (χ3v) is 7.72. The highest BCUT2D eigenvalue weighted by Crippen LogP contribution is 2.28. The molecule has 8 heteroatoms. The van der Waals surface area contributed by atoms with Gasteiger partial charge >= 0.3 is 0 Å². The Bertz CT molecular complexity index is 496. The Hall–Kier alpha value is -0.380. The number of hydrogen-bond donors (Lipinski definition) is 5. The van der Waals surface area contributed by atoms with Crippen LogP contribution in [0, 0.1) is 0 Å². The second-order valence-electron chi connectivity index (χ2n) is 9.62. The fourth-order valence-electron chi connectivity index (χ4n) is 4.32. The summed E-state index contributed by atoms with van der Waals surface area (Å²) in [6.45, 7) is 2.27. The van der Waals surface area contributed by atoms with Crippen LogP contribution in [-0.4, -0.2) is 75.1 Å². The van der Waals surface area contributed by atoms with E-state index in [1.807, 2.05) is 0 Å². The first-order valence-corrected chi connectivity index (χ1v) is 14.7. The summed E-state index contributed by atoms with van der Waals surface area (Å²) in [7, 11) is 0. The van der Waals surface area contributed by atoms with Crippen molar-refractivity contribution in [1.29, 1.82) is 0 Å². The van der Waals surface area contributed by atoms with Gasteiger partial charge in [-0.1, -0.05) is 96.8 Å². The number of aliphatic hydroxyl groups excluding tert-OH is 4. The van der Waals surface area contributed by atoms with Gasteiger partial charge in [-0.05, 0) is 6.42 Å². The van der Waals surface area contributed by atoms with Gasteiger partial charge in [0.2, 0.25) is 5.91 Å². The van der Waals surface area contributed by atoms with E-state index >= 15 is 0 Å². The molecule has 7 nitrogen and oxygen atoms in total. The number of ether oxygens (including phenoxy) is 1. The minimum atomic E-state index is -1.36. The SMILES string of the molecule is CCCCCCCCCCCCCCCCCC(=O)NCCS[C@@H]1OC(CO)[C@H](O)[C@H](O)C1O. The first-order valence-electron chi connectivity index (χ1n) is 13.7. The molecule has 0 spiro atoms. The van der Waals surface area contributed by atoms with E-state index in [1.54, 1.807) is 0 Å². The van der Waals surface area contributed by atoms with E-state index in [2.05, 4.69) is 12.2 Å². The lowest BCUT2D eigenvalue weighted by Gasteiger charge is -2.39. The van der Waals surface area contributed by atoms with Crippen LogP contribution < -0.4 is 5.32 Å². The summed E-state index contributed by atoms with van der Waals surface area (Å²) in [6.07, 6.45) is 15.2. The Labute approximate surface area is 211 Å². The van der Waals surface area contributed by atoms with E-state index in [0.29, 0.717) is 18.7 Å². The fourth-order valence-corrected chi connectivity index (χ4v) is 5.35. The minimum Gasteiger partial charge on any atom is -0.394 e. The van der Waals surface area contributed by atoms with E-state index in [4.69, 9.17) is 4.74 Å². The van der Waals surface area contributed by atoms with Crippen molar-refractivity contribution in [2.45, 2.75) is 140 Å². The highest BCUT2D eigenvalue weighted by atomic mass is 32.2. The molecule has 0 bridgehead atoms. The maximum Gasteiger partial charge on any atom is 0.220 e. The number of unbranched alkanes of at least 4 members (excludes halogenated alkanes) is 14. The van der Waals surface area contributed by atoms with Crippen molar-refractivity contribution in [2.24, 2.45) is 0 Å². The van der Waals surface area contributed by atoms with Gasteiger partial charge in [-0.2, -0.15) is 0 Å². The van der Waals surface area contributed by atoms with Gasteiger partial charge in [-0.3, -0.25) is 4.79 Å². The molecule has 0 saturated carbocycles. The Balaban J connectivity index is 1.89. The zero-order valence-corrected chi connectivity index (χ0v) is 22.2. The lowest BCUT2D eigenvalue weighted by molar-refractivity contribution is -0.205. The molecule has 0 aromatic carbocycles. The third kappa shape index (κ3) is 14.2. The van der Waals surface area contributed by atoms with E-state index in [-0.39, 0.29) is 5.91 Å². The molecular weight excluding hydrogens is 454 g/mol. The molecule has 1 fully saturated rings. The molecule has 0 aromatic heterocycles. The monoisotopic (exact) mass is 505 g/mol. The van der Waals surface area contributed by atoms with Crippen LogP contribution in [-0.2, 0) is 9.53 Å². The molecule has 0 radical (unpaired) electrons. The van der Waals surface area contributed by atoms with Crippen molar-refractivity contribution in [1.82, 2.24) is 5.32 Å². The zero-order chi connectivity index (χ0) is 25.0. The lowest BCUT2D eigenvalue weighted by atomic mass is 10.0. The van der Waals surface area contributed by atoms with Crippen LogP contribution in [0.3, 0.4) is 0 Å². The molecule has 0 aromatic rings. The summed E-state index contributed by atoms with van der Waals surface area (Å²) in [5.74, 6) is 0.539. The molecule has 1 rings (SSSR count). The van der Waals surface area contributed by atoms with Crippen molar-refractivity contribution >= 4 is 17.7 Å². The quantitative estimate of drug-likeness (QED) is 0.150. The Morgan fingerprint density at radius 3 is 1.76 bits per heavy atom. The fraction of sp³-hybridized carbons (Fsp3) is 0.962. The highest BCUT2D eigenvalue weighted by Gasteiger charge is 2.43. The van der Waals surface area contributed by atoms with Crippen LogP contribution in [0.4, 0.5) is 0 Å². The Morgan fingerprint density at radius 1 is 0.765 bits per heavy atom. The summed E-state index contributed by atoms with van der Waals surface area (Å²) in [5, 5.41) is 41.7. The van der Waals surface area contributed by atoms with Gasteiger partial charge < -0.3 is 30.5 Å². The summed E-state index contributed by atoms with van der Waals surface area (Å²) in [6, 6.07) is 0. The van der Waals surface area contributed by atoms with E-state index in [1.165, 1.54) is 95.2 Å². The maximum atomic E-state index is 12.0. The molecule has 34 heavy (non-hydrogen) atoms. The number of thioether (sulfide) groups is 1. The average molecular weight is 506 g/mol. The summed E-state index contributed by atoms with van der Waals surface area (Å²) >= 11 is 1.25. The van der Waals surface area contributed by atoms with Crippen LogP contribution in [0.1, 0.15) is 110 Å². The van der Waals surface area contributed by atoms with Crippen LogP contribution in [0.15, 0.2) is 0 Å². The first kappa shape index (κ1) is 31.6. The predicted molar refractivity (Wildman–Crippen MR) is 139 cm³/mol. The van der Waals surface area contributed by atoms with Gasteiger partial charge in [0.05, 0.1) is 6.61 Å². The molecule has 1 heterocycles. The predicted octanol–water partition coefficient (Wildman–Crippen LogP) is 3.90. The van der Waals surface area contributed by atoms with Crippen molar-refractivity contribution in [3.63, 3.8) is 0 Å². The highest BCUT2D eigenvalue weighted by molar-refractivity contribution is 7.99. The molecular formula is C26H51NO6S. The van der Waals surface area contributed by atoms with Gasteiger partial charge in [-0.15, -0.1) is 11.8 Å². The smallest absolute Gasteiger partial charge is 0.220 e. The van der Waals surface area contributed by atoms with Gasteiger partial charge in [0.15, 0.2) is 0 Å². The van der Waals surface area contributed by atoms with Gasteiger partial charge in [0.1, 0.15) is 29.9 Å². The molecule has 5 N–H and O–H groups in total. The summed E-state index contributed by atoms with van der Waals surface area (Å²) in [4.78, 5) is 12.0. The number of nitrogens with one attached hydrogen (secondary N) is 1. The van der Waals surface area contributed by atoms with Crippen molar-refractivity contribution in [3.05, 3.63) is 0 Å². The van der Waals surface area contributed by atoms with Crippen molar-refractivity contribution in [3.8, 4) is 0 Å². The second-order valence-corrected chi connectivity index (χ2v) is 10.8. The van der Waals surface area contributed by atoms with Gasteiger partial charge in [0.25, 0.3) is 0 Å². The summed E-state index contributed by atoms with van der Waals surface area (Å²) < 4.78 is 5.44. The minimum absolute atomic E-state index is 0.0316. The van der Waals surface area contributed by atoms with Gasteiger partial charge in [0, 0.05) is 18.7 Å².